The number of esters is 4. The zero-order valence-corrected chi connectivity index (χ0v) is 70.5. The van der Waals surface area contributed by atoms with E-state index in [0.717, 1.165) is 114 Å². The summed E-state index contributed by atoms with van der Waals surface area (Å²) in [5.74, 6) is 0.996. The van der Waals surface area contributed by atoms with Gasteiger partial charge in [0.2, 0.25) is 0 Å². The highest BCUT2D eigenvalue weighted by Gasteiger charge is 2.30. The topological polar surface area (TPSA) is 237 Å². The number of aliphatic hydroxyl groups is 1. The lowest BCUT2D eigenvalue weighted by atomic mass is 9.99. The van der Waals surface area contributed by atoms with E-state index in [0.29, 0.717) is 31.6 Å². The first-order valence-electron chi connectivity index (χ1n) is 43.7. The second-order valence-corrected chi connectivity index (χ2v) is 35.2. The van der Waals surface area contributed by atoms with Crippen LogP contribution in [0.15, 0.2) is 0 Å². The van der Waals surface area contributed by atoms with Crippen LogP contribution in [0.4, 0.5) is 0 Å². The molecule has 0 aliphatic heterocycles. The van der Waals surface area contributed by atoms with Gasteiger partial charge in [-0.2, -0.15) is 0 Å². The number of carbonyl (C=O) groups excluding carboxylic acids is 4. The molecule has 0 bridgehead atoms. The Labute approximate surface area is 638 Å². The maximum absolute atomic E-state index is 13.1. The molecule has 19 heteroatoms. The predicted molar refractivity (Wildman–Crippen MR) is 428 cm³/mol. The Morgan fingerprint density at radius 2 is 0.462 bits per heavy atom. The maximum atomic E-state index is 13.1. The van der Waals surface area contributed by atoms with Crippen LogP contribution in [-0.2, 0) is 65.4 Å². The summed E-state index contributed by atoms with van der Waals surface area (Å²) in [5.41, 5.74) is 0. The lowest BCUT2D eigenvalue weighted by Crippen LogP contribution is -2.30. The Kier molecular flexibility index (Phi) is 72.5. The van der Waals surface area contributed by atoms with Gasteiger partial charge >= 0.3 is 39.5 Å². The van der Waals surface area contributed by atoms with Crippen LogP contribution in [0.1, 0.15) is 441 Å². The van der Waals surface area contributed by atoms with E-state index in [1.807, 2.05) is 0 Å². The summed E-state index contributed by atoms with van der Waals surface area (Å²) in [5, 5.41) is 10.6. The SMILES string of the molecule is CCC(C)CCCCCCCCCCCCCCCCCCCCC(=O)O[C@H](COC(=O)CCCCCCCCCCCCCCCCCCCCC(C)C)COP(=O)(O)OC[C@@H](O)COP(=O)(O)OC[C@@H](COC(=O)CCCCCCCCC(C)C)OC(=O)CCCCCCCCCCCC(C)C. The Bertz CT molecular complexity index is 2030. The van der Waals surface area contributed by atoms with Crippen molar-refractivity contribution in [2.24, 2.45) is 23.7 Å². The van der Waals surface area contributed by atoms with Crippen LogP contribution in [0, 0.1) is 23.7 Å². The molecule has 0 rings (SSSR count). The third-order valence-electron chi connectivity index (χ3n) is 20.2. The molecule has 6 atom stereocenters. The molecule has 0 aromatic rings. The monoisotopic (exact) mass is 1520 g/mol. The van der Waals surface area contributed by atoms with E-state index in [4.69, 9.17) is 37.0 Å². The van der Waals surface area contributed by atoms with Crippen molar-refractivity contribution in [3.8, 4) is 0 Å². The van der Waals surface area contributed by atoms with Gasteiger partial charge in [-0.1, -0.05) is 389 Å². The molecule has 0 amide bonds. The summed E-state index contributed by atoms with van der Waals surface area (Å²) < 4.78 is 68.7. The lowest BCUT2D eigenvalue weighted by molar-refractivity contribution is -0.161. The fourth-order valence-electron chi connectivity index (χ4n) is 13.1. The van der Waals surface area contributed by atoms with Gasteiger partial charge in [-0.3, -0.25) is 37.3 Å². The maximum Gasteiger partial charge on any atom is 0.472 e. The molecular weight excluding hydrogens is 1350 g/mol. The van der Waals surface area contributed by atoms with E-state index in [1.54, 1.807) is 0 Å². The van der Waals surface area contributed by atoms with Crippen LogP contribution < -0.4 is 0 Å². The third kappa shape index (κ3) is 76.8. The second kappa shape index (κ2) is 73.8. The van der Waals surface area contributed by atoms with Gasteiger partial charge in [0.05, 0.1) is 26.4 Å². The van der Waals surface area contributed by atoms with Gasteiger partial charge in [-0.05, 0) is 49.4 Å². The molecular formula is C85H166O17P2. The Hall–Kier alpha value is -1.94. The molecule has 0 aliphatic rings. The molecule has 3 N–H and O–H groups in total. The van der Waals surface area contributed by atoms with E-state index >= 15 is 0 Å². The Balaban J connectivity index is 5.19. The fraction of sp³-hybridized carbons (Fsp3) is 0.953. The number of aliphatic hydroxyl groups excluding tert-OH is 1. The lowest BCUT2D eigenvalue weighted by Gasteiger charge is -2.21. The van der Waals surface area contributed by atoms with Crippen molar-refractivity contribution in [3.63, 3.8) is 0 Å². The van der Waals surface area contributed by atoms with Crippen molar-refractivity contribution in [1.29, 1.82) is 0 Å². The van der Waals surface area contributed by atoms with E-state index in [-0.39, 0.29) is 25.7 Å². The van der Waals surface area contributed by atoms with Crippen LogP contribution in [0.25, 0.3) is 0 Å². The first kappa shape index (κ1) is 102. The standard InChI is InChI=1S/C85H166O17P2/c1-9-78(8)64-56-48-39-33-27-23-19-15-11-13-17-21-25-29-35-41-51-59-67-84(89)101-80(71-95-82(87)65-57-49-40-34-28-24-20-16-12-10-14-18-22-26-31-37-45-53-61-75(2)3)73-99-103(91,92)97-69-79(86)70-98-104(93,94)100-74-81(72-96-83(88)66-58-50-44-43-47-55-63-77(6)7)102-85(90)68-60-52-42-36-30-32-38-46-54-62-76(4)5/h75-81,86H,9-74H2,1-8H3,(H,91,92)(H,93,94)/t78?,79-,80-,81-/m1/s1. The van der Waals surface area contributed by atoms with E-state index < -0.39 is 97.5 Å². The first-order chi connectivity index (χ1) is 50.1. The number of hydrogen-bond donors (Lipinski definition) is 3. The van der Waals surface area contributed by atoms with Gasteiger partial charge in [0.1, 0.15) is 19.3 Å². The molecule has 0 aromatic heterocycles. The van der Waals surface area contributed by atoms with Crippen molar-refractivity contribution >= 4 is 39.5 Å². The summed E-state index contributed by atoms with van der Waals surface area (Å²) in [6.07, 6.45) is 62.8. The highest BCUT2D eigenvalue weighted by molar-refractivity contribution is 7.47. The molecule has 3 unspecified atom stereocenters. The molecule has 0 spiro atoms. The zero-order valence-electron chi connectivity index (χ0n) is 68.7. The van der Waals surface area contributed by atoms with E-state index in [1.165, 1.54) is 238 Å². The third-order valence-corrected chi connectivity index (χ3v) is 22.1. The van der Waals surface area contributed by atoms with E-state index in [2.05, 4.69) is 55.4 Å². The molecule has 0 saturated carbocycles. The van der Waals surface area contributed by atoms with Crippen molar-refractivity contribution < 1.29 is 80.2 Å². The molecule has 0 aliphatic carbocycles. The molecule has 0 fully saturated rings. The summed E-state index contributed by atoms with van der Waals surface area (Å²) in [4.78, 5) is 73.1. The zero-order chi connectivity index (χ0) is 76.7. The molecule has 0 radical (unpaired) electrons. The summed E-state index contributed by atoms with van der Waals surface area (Å²) in [6, 6.07) is 0. The summed E-state index contributed by atoms with van der Waals surface area (Å²) in [6.45, 7) is 14.3. The molecule has 104 heavy (non-hydrogen) atoms. The van der Waals surface area contributed by atoms with Crippen molar-refractivity contribution in [2.75, 3.05) is 39.6 Å². The van der Waals surface area contributed by atoms with Crippen molar-refractivity contribution in [3.05, 3.63) is 0 Å². The first-order valence-corrected chi connectivity index (χ1v) is 46.7. The van der Waals surface area contributed by atoms with Crippen LogP contribution in [0.5, 0.6) is 0 Å². The largest absolute Gasteiger partial charge is 0.472 e. The molecule has 0 heterocycles. The van der Waals surface area contributed by atoms with Gasteiger partial charge in [0.25, 0.3) is 0 Å². The average molecular weight is 1520 g/mol. The number of rotatable bonds is 82. The highest BCUT2D eigenvalue weighted by Crippen LogP contribution is 2.45. The normalized spacial score (nSPS) is 14.2. The minimum absolute atomic E-state index is 0.104. The molecule has 17 nitrogen and oxygen atoms in total. The number of hydrogen-bond acceptors (Lipinski definition) is 15. The van der Waals surface area contributed by atoms with Crippen LogP contribution >= 0.6 is 15.6 Å². The average Bonchev–Trinajstić information content (AvgIpc) is 0.911. The smallest absolute Gasteiger partial charge is 0.462 e. The van der Waals surface area contributed by atoms with Gasteiger partial charge in [-0.15, -0.1) is 0 Å². The van der Waals surface area contributed by atoms with Gasteiger partial charge in [-0.25, -0.2) is 9.13 Å². The molecule has 0 aromatic carbocycles. The van der Waals surface area contributed by atoms with Gasteiger partial charge in [0, 0.05) is 25.7 Å². The molecule has 618 valence electrons. The minimum atomic E-state index is -4.97. The molecule has 0 saturated heterocycles. The van der Waals surface area contributed by atoms with Crippen molar-refractivity contribution in [2.45, 2.75) is 459 Å². The second-order valence-electron chi connectivity index (χ2n) is 32.2. The number of phosphoric acid groups is 2. The Morgan fingerprint density at radius 1 is 0.269 bits per heavy atom. The van der Waals surface area contributed by atoms with Gasteiger partial charge < -0.3 is 33.8 Å². The minimum Gasteiger partial charge on any atom is -0.462 e. The van der Waals surface area contributed by atoms with E-state index in [9.17, 15) is 43.2 Å². The predicted octanol–water partition coefficient (Wildman–Crippen LogP) is 25.6. The van der Waals surface area contributed by atoms with Gasteiger partial charge in [0.15, 0.2) is 12.2 Å². The summed E-state index contributed by atoms with van der Waals surface area (Å²) in [7, 11) is -9.92. The number of phosphoric ester groups is 2. The van der Waals surface area contributed by atoms with Crippen LogP contribution in [0.3, 0.4) is 0 Å². The van der Waals surface area contributed by atoms with Crippen molar-refractivity contribution in [1.82, 2.24) is 0 Å². The number of ether oxygens (including phenoxy) is 4. The quantitative estimate of drug-likeness (QED) is 0.0222. The highest BCUT2D eigenvalue weighted by atomic mass is 31.2. The number of unbranched alkanes of at least 4 members (excludes halogenated alkanes) is 47. The van der Waals surface area contributed by atoms with Crippen LogP contribution in [-0.4, -0.2) is 96.7 Å². The Morgan fingerprint density at radius 3 is 0.683 bits per heavy atom. The fourth-order valence-corrected chi connectivity index (χ4v) is 14.7. The van der Waals surface area contributed by atoms with Crippen LogP contribution in [0.2, 0.25) is 0 Å². The summed E-state index contributed by atoms with van der Waals surface area (Å²) >= 11 is 0. The number of carbonyl (C=O) groups is 4.